The van der Waals surface area contributed by atoms with Gasteiger partial charge in [0.2, 0.25) is 0 Å². The molecule has 0 aliphatic rings. The van der Waals surface area contributed by atoms with Crippen LogP contribution in [0.1, 0.15) is 57.0 Å². The van der Waals surface area contributed by atoms with Crippen molar-refractivity contribution in [2.75, 3.05) is 22.9 Å². The maximum Gasteiger partial charge on any atom is 0.346 e. The lowest BCUT2D eigenvalue weighted by Crippen LogP contribution is -2.21. The van der Waals surface area contributed by atoms with Crippen LogP contribution in [0.4, 0.5) is 22.7 Å². The number of nitriles is 1. The number of hydrogen-bond donors (Lipinski definition) is 2. The van der Waals surface area contributed by atoms with E-state index in [1.165, 1.54) is 40.5 Å². The van der Waals surface area contributed by atoms with Crippen molar-refractivity contribution >= 4 is 106 Å². The molecule has 8 aromatic rings. The topological polar surface area (TPSA) is 109 Å². The standard InChI is InChI=1S/C62H48N4O4S2/c1-4-65(5-2)52-28-16-45(17-29-52)10-11-48-22-34-55(35-23-48)66(53-30-18-46(19-31-53)8-6-43-12-24-49(25-13-43)59-38-36-56(71-59)40-51(42-63)61(67)68)54-32-20-47(21-33-54)9-7-44-14-26-50(27-15-44)60-39-37-57(72-60)41-58(64-3)62(69)70/h6-41H,4-5H2,1-2H3,(H,67,68)(H,69,70)/b8-6+,9-7+,11-10+,51-40-,58-41-. The lowest BCUT2D eigenvalue weighted by atomic mass is 10.1. The van der Waals surface area contributed by atoms with E-state index in [4.69, 9.17) is 11.8 Å². The summed E-state index contributed by atoms with van der Waals surface area (Å²) in [6.07, 6.45) is 15.4. The predicted octanol–water partition coefficient (Wildman–Crippen LogP) is 16.3. The van der Waals surface area contributed by atoms with Gasteiger partial charge in [0.25, 0.3) is 5.70 Å². The molecular weight excluding hydrogens is 929 g/mol. The molecule has 0 unspecified atom stereocenters. The SMILES string of the molecule is [C-]#[N+]/C(=C\c1ccc(-c2ccc(/C=C/c3ccc(N(c4ccc(/C=C/c5ccc(-c6ccc(/C=C(/C#N)C(=O)O)s6)cc5)cc4)c4ccc(/C=C/c5ccc(N(CC)CC)cc5)cc4)cc3)cc2)s1)C(=O)O. The highest BCUT2D eigenvalue weighted by atomic mass is 32.1. The molecular formula is C62H48N4O4S2. The Balaban J connectivity index is 0.992. The van der Waals surface area contributed by atoms with E-state index in [0.717, 1.165) is 84.4 Å². The molecule has 2 N–H and O–H groups in total. The lowest BCUT2D eigenvalue weighted by molar-refractivity contribution is -0.133. The van der Waals surface area contributed by atoms with Crippen LogP contribution in [-0.2, 0) is 9.59 Å². The Morgan fingerprint density at radius 1 is 0.500 bits per heavy atom. The fraction of sp³-hybridized carbons (Fsp3) is 0.0645. The number of carboxylic acids is 2. The van der Waals surface area contributed by atoms with Gasteiger partial charge < -0.3 is 20.0 Å². The van der Waals surface area contributed by atoms with E-state index in [0.29, 0.717) is 9.75 Å². The molecule has 8 nitrogen and oxygen atoms in total. The van der Waals surface area contributed by atoms with Gasteiger partial charge in [-0.15, -0.1) is 22.7 Å². The van der Waals surface area contributed by atoms with E-state index in [1.807, 2.05) is 60.7 Å². The minimum atomic E-state index is -1.24. The van der Waals surface area contributed by atoms with Crippen molar-refractivity contribution in [1.82, 2.24) is 0 Å². The van der Waals surface area contributed by atoms with Gasteiger partial charge in [-0.05, 0) is 143 Å². The maximum atomic E-state index is 11.3. The first kappa shape index (κ1) is 49.4. The van der Waals surface area contributed by atoms with Gasteiger partial charge in [-0.1, -0.05) is 134 Å². The third-order valence-corrected chi connectivity index (χ3v) is 13.9. The minimum Gasteiger partial charge on any atom is -0.486 e. The number of nitrogens with zero attached hydrogens (tertiary/aromatic N) is 4. The molecule has 0 bridgehead atoms. The number of thiophene rings is 2. The van der Waals surface area contributed by atoms with E-state index >= 15 is 0 Å². The van der Waals surface area contributed by atoms with Crippen LogP contribution in [0.5, 0.6) is 0 Å². The van der Waals surface area contributed by atoms with Crippen molar-refractivity contribution in [3.8, 4) is 27.0 Å². The first-order valence-corrected chi connectivity index (χ1v) is 24.8. The molecule has 6 aromatic carbocycles. The van der Waals surface area contributed by atoms with Crippen LogP contribution in [0.15, 0.2) is 181 Å². The molecule has 2 aromatic heterocycles. The van der Waals surface area contributed by atoms with Crippen LogP contribution in [0.2, 0.25) is 0 Å². The Kier molecular flexibility index (Phi) is 16.1. The van der Waals surface area contributed by atoms with Crippen LogP contribution in [0.3, 0.4) is 0 Å². The normalized spacial score (nSPS) is 11.8. The first-order chi connectivity index (χ1) is 35.1. The zero-order valence-corrected chi connectivity index (χ0v) is 41.1. The summed E-state index contributed by atoms with van der Waals surface area (Å²) in [5, 5.41) is 27.6. The van der Waals surface area contributed by atoms with Crippen molar-refractivity contribution in [2.24, 2.45) is 0 Å². The van der Waals surface area contributed by atoms with E-state index in [-0.39, 0.29) is 11.3 Å². The third-order valence-electron chi connectivity index (χ3n) is 11.8. The fourth-order valence-corrected chi connectivity index (χ4v) is 9.77. The lowest BCUT2D eigenvalue weighted by Gasteiger charge is -2.26. The summed E-state index contributed by atoms with van der Waals surface area (Å²) in [6.45, 7) is 13.4. The molecule has 0 aliphatic carbocycles. The molecule has 0 fully saturated rings. The summed E-state index contributed by atoms with van der Waals surface area (Å²) < 4.78 is 0. The summed E-state index contributed by atoms with van der Waals surface area (Å²) in [5.74, 6) is -2.47. The molecule has 0 saturated carbocycles. The average molecular weight is 977 g/mol. The van der Waals surface area contributed by atoms with Gasteiger partial charge in [0.05, 0.1) is 6.57 Å². The molecule has 2 heterocycles. The summed E-state index contributed by atoms with van der Waals surface area (Å²) in [7, 11) is 0. The van der Waals surface area contributed by atoms with Gasteiger partial charge in [0.15, 0.2) is 0 Å². The molecule has 0 atom stereocenters. The second-order valence-corrected chi connectivity index (χ2v) is 18.7. The monoisotopic (exact) mass is 976 g/mol. The van der Waals surface area contributed by atoms with Crippen LogP contribution in [0, 0.1) is 17.9 Å². The Hall–Kier alpha value is -9.06. The highest BCUT2D eigenvalue weighted by molar-refractivity contribution is 7.16. The molecule has 352 valence electrons. The molecule has 0 aliphatic heterocycles. The second kappa shape index (κ2) is 23.5. The van der Waals surface area contributed by atoms with Gasteiger partial charge in [-0.2, -0.15) is 5.26 Å². The minimum absolute atomic E-state index is 0.295. The average Bonchev–Trinajstić information content (AvgIpc) is 4.10. The molecule has 0 radical (unpaired) electrons. The molecule has 0 saturated heterocycles. The predicted molar refractivity (Wildman–Crippen MR) is 301 cm³/mol. The number of carbonyl (C=O) groups is 2. The Labute approximate surface area is 428 Å². The molecule has 0 amide bonds. The zero-order valence-electron chi connectivity index (χ0n) is 39.5. The fourth-order valence-electron chi connectivity index (χ4n) is 7.86. The van der Waals surface area contributed by atoms with E-state index in [9.17, 15) is 19.8 Å². The van der Waals surface area contributed by atoms with Crippen molar-refractivity contribution in [3.63, 3.8) is 0 Å². The largest absolute Gasteiger partial charge is 0.486 e. The third kappa shape index (κ3) is 12.6. The van der Waals surface area contributed by atoms with E-state index < -0.39 is 11.9 Å². The summed E-state index contributed by atoms with van der Waals surface area (Å²) >= 11 is 2.88. The summed E-state index contributed by atoms with van der Waals surface area (Å²) in [5.41, 5.74) is 12.1. The van der Waals surface area contributed by atoms with Gasteiger partial charge >= 0.3 is 11.9 Å². The maximum absolute atomic E-state index is 11.3. The van der Waals surface area contributed by atoms with Gasteiger partial charge in [0.1, 0.15) is 11.6 Å². The summed E-state index contributed by atoms with van der Waals surface area (Å²) in [4.78, 5) is 33.7. The van der Waals surface area contributed by atoms with Gasteiger partial charge in [-0.3, -0.25) is 4.79 Å². The van der Waals surface area contributed by atoms with Crippen LogP contribution in [-0.4, -0.2) is 35.2 Å². The first-order valence-electron chi connectivity index (χ1n) is 23.2. The molecule has 10 heteroatoms. The number of rotatable bonds is 18. The van der Waals surface area contributed by atoms with Crippen LogP contribution >= 0.6 is 22.7 Å². The zero-order chi connectivity index (χ0) is 50.4. The highest BCUT2D eigenvalue weighted by Crippen LogP contribution is 2.36. The number of hydrogen-bond acceptors (Lipinski definition) is 7. The van der Waals surface area contributed by atoms with Crippen molar-refractivity contribution in [2.45, 2.75) is 13.8 Å². The molecule has 0 spiro atoms. The highest BCUT2D eigenvalue weighted by Gasteiger charge is 2.14. The number of anilines is 4. The van der Waals surface area contributed by atoms with Crippen LogP contribution in [0.25, 0.3) is 74.3 Å². The van der Waals surface area contributed by atoms with Crippen molar-refractivity contribution in [1.29, 1.82) is 5.26 Å². The van der Waals surface area contributed by atoms with Gasteiger partial charge in [-0.25, -0.2) is 9.64 Å². The smallest absolute Gasteiger partial charge is 0.346 e. The number of aliphatic carboxylic acids is 2. The van der Waals surface area contributed by atoms with Gasteiger partial charge in [0, 0.05) is 55.3 Å². The molecule has 8 rings (SSSR count). The second-order valence-electron chi connectivity index (χ2n) is 16.4. The Morgan fingerprint density at radius 2 is 0.833 bits per heavy atom. The summed E-state index contributed by atoms with van der Waals surface area (Å²) in [6, 6.07) is 59.9. The number of carboxylic acid groups (broad SMARTS) is 2. The van der Waals surface area contributed by atoms with Crippen molar-refractivity contribution in [3.05, 3.63) is 236 Å². The van der Waals surface area contributed by atoms with E-state index in [2.05, 4.69) is 174 Å². The Morgan fingerprint density at radius 3 is 1.14 bits per heavy atom. The van der Waals surface area contributed by atoms with Crippen LogP contribution < -0.4 is 9.80 Å². The van der Waals surface area contributed by atoms with Crippen molar-refractivity contribution < 1.29 is 19.8 Å². The van der Waals surface area contributed by atoms with E-state index in [1.54, 1.807) is 6.07 Å². The quantitative estimate of drug-likeness (QED) is 0.0381. The Bertz CT molecular complexity index is 3240. The molecule has 72 heavy (non-hydrogen) atoms. The number of benzene rings is 6.